The highest BCUT2D eigenvalue weighted by molar-refractivity contribution is 5.90. The minimum Gasteiger partial charge on any atom is -0.456 e. The van der Waals surface area contributed by atoms with Crippen LogP contribution in [0.5, 0.6) is 0 Å². The molecule has 2 aromatic rings. The van der Waals surface area contributed by atoms with Gasteiger partial charge in [-0.15, -0.1) is 0 Å². The Balaban J connectivity index is 1.98. The van der Waals surface area contributed by atoms with E-state index < -0.39 is 0 Å². The summed E-state index contributed by atoms with van der Waals surface area (Å²) in [5.41, 5.74) is 2.91. The molecule has 102 valence electrons. The minimum atomic E-state index is -0.369. The SMILES string of the molecule is Cc1nn(C)cc1C(=O)OCc1cc(C(C)C)n[nH]1. The molecule has 0 saturated heterocycles. The monoisotopic (exact) mass is 262 g/mol. The van der Waals surface area contributed by atoms with Gasteiger partial charge in [-0.25, -0.2) is 4.79 Å². The Bertz CT molecular complexity index is 583. The quantitative estimate of drug-likeness (QED) is 0.854. The summed E-state index contributed by atoms with van der Waals surface area (Å²) in [5, 5.41) is 11.1. The maximum absolute atomic E-state index is 11.9. The van der Waals surface area contributed by atoms with Crippen LogP contribution in [0, 0.1) is 6.92 Å². The van der Waals surface area contributed by atoms with Gasteiger partial charge in [0.05, 0.1) is 17.1 Å². The van der Waals surface area contributed by atoms with Crippen molar-refractivity contribution in [2.24, 2.45) is 7.05 Å². The van der Waals surface area contributed by atoms with E-state index in [-0.39, 0.29) is 12.6 Å². The number of ether oxygens (including phenoxy) is 1. The molecule has 0 aliphatic rings. The fraction of sp³-hybridized carbons (Fsp3) is 0.462. The smallest absolute Gasteiger partial charge is 0.342 e. The molecule has 0 aromatic carbocycles. The van der Waals surface area contributed by atoms with Crippen molar-refractivity contribution in [2.75, 3.05) is 0 Å². The van der Waals surface area contributed by atoms with Crippen LogP contribution >= 0.6 is 0 Å². The van der Waals surface area contributed by atoms with Gasteiger partial charge in [-0.05, 0) is 18.9 Å². The highest BCUT2D eigenvalue weighted by atomic mass is 16.5. The van der Waals surface area contributed by atoms with E-state index in [1.807, 2.05) is 6.07 Å². The Hall–Kier alpha value is -2.11. The highest BCUT2D eigenvalue weighted by Gasteiger charge is 2.14. The van der Waals surface area contributed by atoms with Crippen LogP contribution in [0.25, 0.3) is 0 Å². The molecule has 6 nitrogen and oxygen atoms in total. The summed E-state index contributed by atoms with van der Waals surface area (Å²) in [7, 11) is 1.77. The summed E-state index contributed by atoms with van der Waals surface area (Å²) in [6.07, 6.45) is 1.66. The molecule has 0 radical (unpaired) electrons. The van der Waals surface area contributed by atoms with Crippen molar-refractivity contribution >= 4 is 5.97 Å². The number of nitrogens with one attached hydrogen (secondary N) is 1. The molecule has 6 heteroatoms. The van der Waals surface area contributed by atoms with E-state index in [9.17, 15) is 4.79 Å². The lowest BCUT2D eigenvalue weighted by atomic mass is 10.1. The lowest BCUT2D eigenvalue weighted by molar-refractivity contribution is 0.0467. The topological polar surface area (TPSA) is 72.8 Å². The van der Waals surface area contributed by atoms with Gasteiger partial charge in [-0.3, -0.25) is 9.78 Å². The van der Waals surface area contributed by atoms with Gasteiger partial charge in [0.2, 0.25) is 0 Å². The zero-order valence-electron chi connectivity index (χ0n) is 11.6. The molecule has 0 amide bonds. The zero-order valence-corrected chi connectivity index (χ0v) is 11.6. The van der Waals surface area contributed by atoms with Crippen LogP contribution in [0.4, 0.5) is 0 Å². The van der Waals surface area contributed by atoms with E-state index in [2.05, 4.69) is 29.1 Å². The number of aryl methyl sites for hydroxylation is 2. The van der Waals surface area contributed by atoms with E-state index in [0.717, 1.165) is 11.4 Å². The summed E-state index contributed by atoms with van der Waals surface area (Å²) < 4.78 is 6.83. The normalized spacial score (nSPS) is 11.0. The van der Waals surface area contributed by atoms with Crippen LogP contribution in [0.2, 0.25) is 0 Å². The molecule has 0 saturated carbocycles. The van der Waals surface area contributed by atoms with Crippen LogP contribution < -0.4 is 0 Å². The van der Waals surface area contributed by atoms with Crippen molar-refractivity contribution in [3.8, 4) is 0 Å². The van der Waals surface area contributed by atoms with Crippen molar-refractivity contribution in [1.82, 2.24) is 20.0 Å². The van der Waals surface area contributed by atoms with Crippen molar-refractivity contribution in [3.05, 3.63) is 34.9 Å². The fourth-order valence-electron chi connectivity index (χ4n) is 1.77. The molecule has 0 aliphatic carbocycles. The number of rotatable bonds is 4. The molecule has 2 rings (SSSR count). The number of H-pyrrole nitrogens is 1. The van der Waals surface area contributed by atoms with Crippen molar-refractivity contribution < 1.29 is 9.53 Å². The number of hydrogen-bond donors (Lipinski definition) is 1. The molecule has 0 spiro atoms. The van der Waals surface area contributed by atoms with Crippen LogP contribution in [0.15, 0.2) is 12.3 Å². The number of nitrogens with zero attached hydrogens (tertiary/aromatic N) is 3. The number of hydrogen-bond acceptors (Lipinski definition) is 4. The summed E-state index contributed by atoms with van der Waals surface area (Å²) in [5.74, 6) is -0.0208. The van der Waals surface area contributed by atoms with E-state index in [1.54, 1.807) is 24.9 Å². The number of esters is 1. The first kappa shape index (κ1) is 13.3. The molecule has 1 N–H and O–H groups in total. The second kappa shape index (κ2) is 5.26. The largest absolute Gasteiger partial charge is 0.456 e. The third-order valence-corrected chi connectivity index (χ3v) is 2.83. The average molecular weight is 262 g/mol. The minimum absolute atomic E-state index is 0.187. The number of aromatic amines is 1. The first-order valence-corrected chi connectivity index (χ1v) is 6.19. The van der Waals surface area contributed by atoms with Gasteiger partial charge in [0.15, 0.2) is 0 Å². The molecule has 0 bridgehead atoms. The van der Waals surface area contributed by atoms with E-state index >= 15 is 0 Å². The van der Waals surface area contributed by atoms with E-state index in [4.69, 9.17) is 4.74 Å². The molecule has 19 heavy (non-hydrogen) atoms. The summed E-state index contributed by atoms with van der Waals surface area (Å²) in [4.78, 5) is 11.9. The summed E-state index contributed by atoms with van der Waals surface area (Å²) in [6.45, 7) is 6.09. The Morgan fingerprint density at radius 2 is 2.26 bits per heavy atom. The molecule has 0 atom stereocenters. The van der Waals surface area contributed by atoms with Crippen LogP contribution in [0.3, 0.4) is 0 Å². The molecule has 0 aliphatic heterocycles. The Kier molecular flexibility index (Phi) is 3.69. The average Bonchev–Trinajstić information content (AvgIpc) is 2.93. The van der Waals surface area contributed by atoms with E-state index in [0.29, 0.717) is 17.2 Å². The molecule has 0 unspecified atom stereocenters. The molecular weight excluding hydrogens is 244 g/mol. The van der Waals surface area contributed by atoms with Gasteiger partial charge in [0.1, 0.15) is 12.2 Å². The van der Waals surface area contributed by atoms with Gasteiger partial charge in [-0.2, -0.15) is 10.2 Å². The van der Waals surface area contributed by atoms with Crippen molar-refractivity contribution in [2.45, 2.75) is 33.3 Å². The molecule has 2 heterocycles. The van der Waals surface area contributed by atoms with Crippen LogP contribution in [-0.4, -0.2) is 25.9 Å². The zero-order chi connectivity index (χ0) is 14.0. The maximum atomic E-state index is 11.9. The summed E-state index contributed by atoms with van der Waals surface area (Å²) >= 11 is 0. The Morgan fingerprint density at radius 3 is 2.79 bits per heavy atom. The second-order valence-corrected chi connectivity index (χ2v) is 4.85. The van der Waals surface area contributed by atoms with Gasteiger partial charge >= 0.3 is 5.97 Å². The maximum Gasteiger partial charge on any atom is 0.342 e. The Labute approximate surface area is 111 Å². The van der Waals surface area contributed by atoms with Gasteiger partial charge in [-0.1, -0.05) is 13.8 Å². The van der Waals surface area contributed by atoms with E-state index in [1.165, 1.54) is 0 Å². The standard InChI is InChI=1S/C13H18N4O2/c1-8(2)12-5-10(14-15-12)7-19-13(18)11-6-17(4)16-9(11)3/h5-6,8H,7H2,1-4H3,(H,14,15). The fourth-order valence-corrected chi connectivity index (χ4v) is 1.77. The lowest BCUT2D eigenvalue weighted by Crippen LogP contribution is -2.06. The predicted molar refractivity (Wildman–Crippen MR) is 69.7 cm³/mol. The van der Waals surface area contributed by atoms with Crippen molar-refractivity contribution in [1.29, 1.82) is 0 Å². The van der Waals surface area contributed by atoms with Gasteiger partial charge in [0, 0.05) is 13.2 Å². The Morgan fingerprint density at radius 1 is 1.53 bits per heavy atom. The van der Waals surface area contributed by atoms with Crippen LogP contribution in [0.1, 0.15) is 47.2 Å². The first-order chi connectivity index (χ1) is 8.97. The third-order valence-electron chi connectivity index (χ3n) is 2.83. The summed E-state index contributed by atoms with van der Waals surface area (Å²) in [6, 6.07) is 1.91. The number of carbonyl (C=O) groups is 1. The third kappa shape index (κ3) is 3.01. The van der Waals surface area contributed by atoms with Gasteiger partial charge < -0.3 is 4.74 Å². The molecule has 2 aromatic heterocycles. The number of carbonyl (C=O) groups excluding carboxylic acids is 1. The molecular formula is C13H18N4O2. The van der Waals surface area contributed by atoms with Crippen molar-refractivity contribution in [3.63, 3.8) is 0 Å². The predicted octanol–water partition coefficient (Wildman–Crippen LogP) is 1.93. The second-order valence-electron chi connectivity index (χ2n) is 4.85. The highest BCUT2D eigenvalue weighted by Crippen LogP contribution is 2.13. The first-order valence-electron chi connectivity index (χ1n) is 6.19. The molecule has 0 fully saturated rings. The lowest BCUT2D eigenvalue weighted by Gasteiger charge is -2.01. The number of aromatic nitrogens is 4. The van der Waals surface area contributed by atoms with Gasteiger partial charge in [0.25, 0.3) is 0 Å². The van der Waals surface area contributed by atoms with Crippen LogP contribution in [-0.2, 0) is 18.4 Å².